The number of methoxy groups -OCH3 is 6. The number of hydrogen-bond donors (Lipinski definition) is 9. The Morgan fingerprint density at radius 1 is 0.352 bits per heavy atom. The molecule has 0 saturated heterocycles. The second-order valence-electron chi connectivity index (χ2n) is 26.9. The summed E-state index contributed by atoms with van der Waals surface area (Å²) in [6.45, 7) is 0.580. The lowest BCUT2D eigenvalue weighted by atomic mass is 9.84. The van der Waals surface area contributed by atoms with Crippen molar-refractivity contribution in [2.45, 2.75) is 81.0 Å². The molecule has 656 valence electrons. The number of carbonyl (C=O) groups is 8. The summed E-state index contributed by atoms with van der Waals surface area (Å²) >= 11 is 11.2. The first kappa shape index (κ1) is 96.1. The molecule has 0 spiro atoms. The molecule has 0 aromatic heterocycles. The van der Waals surface area contributed by atoms with Crippen LogP contribution in [0.5, 0.6) is 57.5 Å². The van der Waals surface area contributed by atoms with Gasteiger partial charge in [0.1, 0.15) is 37.9 Å². The number of nitrogens with two attached hydrogens (primary N) is 1. The zero-order valence-electron chi connectivity index (χ0n) is 69.5. The number of nitrogens with one attached hydrogen (secondary N) is 5. The molecule has 0 aliphatic heterocycles. The van der Waals surface area contributed by atoms with Gasteiger partial charge >= 0.3 is 55.3 Å². The van der Waals surface area contributed by atoms with Crippen molar-refractivity contribution >= 4 is 104 Å². The first-order valence-electron chi connectivity index (χ1n) is 39.0. The van der Waals surface area contributed by atoms with Crippen molar-refractivity contribution in [2.75, 3.05) is 65.7 Å². The summed E-state index contributed by atoms with van der Waals surface area (Å²) in [5.74, 6) is 2.89. The number of carbonyl (C=O) groups excluding carboxylic acids is 8. The predicted molar refractivity (Wildman–Crippen MR) is 479 cm³/mol. The van der Waals surface area contributed by atoms with Crippen LogP contribution in [-0.4, -0.2) is 139 Å². The summed E-state index contributed by atoms with van der Waals surface area (Å²) in [6, 6.07) is 75.2. The van der Waals surface area contributed by atoms with E-state index in [1.165, 1.54) is 47.4 Å². The Bertz CT molecular complexity index is 4780. The van der Waals surface area contributed by atoms with Crippen molar-refractivity contribution < 1.29 is 110 Å². The van der Waals surface area contributed by atoms with Gasteiger partial charge in [-0.1, -0.05) is 170 Å². The molecular weight excluding hydrogens is 1680 g/mol. The number of esters is 4. The van der Waals surface area contributed by atoms with E-state index in [1.54, 1.807) is 98.4 Å². The van der Waals surface area contributed by atoms with Gasteiger partial charge in [-0.3, -0.25) is 51.4 Å². The van der Waals surface area contributed by atoms with Crippen molar-refractivity contribution in [2.24, 2.45) is 5.73 Å². The number of thiol groups is 2. The lowest BCUT2D eigenvalue weighted by molar-refractivity contribution is -0.134. The van der Waals surface area contributed by atoms with Crippen molar-refractivity contribution in [1.29, 1.82) is 0 Å². The number of benzene rings is 10. The fraction of sp³-hybridized carbons (Fsp3) is 0.253. The van der Waals surface area contributed by atoms with Gasteiger partial charge in [-0.2, -0.15) is 25.3 Å². The molecule has 0 aliphatic rings. The van der Waals surface area contributed by atoms with Crippen LogP contribution in [0.1, 0.15) is 81.3 Å². The van der Waals surface area contributed by atoms with E-state index in [0.717, 1.165) is 44.9 Å². The zero-order chi connectivity index (χ0) is 89.5. The Morgan fingerprint density at radius 2 is 0.608 bits per heavy atom. The van der Waals surface area contributed by atoms with Gasteiger partial charge in [-0.15, -0.1) is 23.5 Å². The van der Waals surface area contributed by atoms with E-state index < -0.39 is 77.4 Å². The number of thioether (sulfide) groups is 2. The largest absolute Gasteiger partial charge is 0.497 e. The minimum absolute atomic E-state index is 0.0713. The molecule has 0 fully saturated rings. The summed E-state index contributed by atoms with van der Waals surface area (Å²) in [5, 5.41) is 22.1. The second-order valence-corrected chi connectivity index (χ2v) is 30.4. The van der Waals surface area contributed by atoms with Crippen molar-refractivity contribution in [1.82, 2.24) is 26.5 Å². The van der Waals surface area contributed by atoms with Crippen LogP contribution in [0.15, 0.2) is 243 Å². The maximum atomic E-state index is 13.5. The number of ether oxygens (including phenoxy) is 14. The first-order chi connectivity index (χ1) is 60.5. The van der Waals surface area contributed by atoms with E-state index in [9.17, 15) is 43.4 Å². The molecule has 4 amide bonds. The molecule has 8 N–H and O–H groups in total. The van der Waals surface area contributed by atoms with Crippen LogP contribution in [0, 0.1) is 0 Å². The molecule has 125 heavy (non-hydrogen) atoms. The summed E-state index contributed by atoms with van der Waals surface area (Å²) < 4.78 is 74.3. The van der Waals surface area contributed by atoms with Gasteiger partial charge < -0.3 is 71.3 Å². The Hall–Kier alpha value is -12.7. The Labute approximate surface area is 743 Å². The van der Waals surface area contributed by atoms with Crippen LogP contribution >= 0.6 is 48.8 Å². The molecule has 0 bridgehead atoms. The number of amides is 4. The molecule has 0 heterocycles. The van der Waals surface area contributed by atoms with E-state index in [0.29, 0.717) is 45.3 Å². The normalized spacial score (nSPS) is 10.9. The molecule has 34 heteroatoms. The van der Waals surface area contributed by atoms with Gasteiger partial charge in [0.15, 0.2) is 58.6 Å². The average molecular weight is 1780 g/mol. The molecule has 10 rings (SSSR count). The minimum atomic E-state index is -1.34. The number of hydrogen-bond acceptors (Lipinski definition) is 29. The van der Waals surface area contributed by atoms with Crippen LogP contribution in [0.3, 0.4) is 0 Å². The topological polar surface area (TPSA) is 372 Å². The second kappa shape index (κ2) is 49.6. The van der Waals surface area contributed by atoms with Gasteiger partial charge in [0, 0.05) is 23.0 Å². The fourth-order valence-corrected chi connectivity index (χ4v) is 15.8. The van der Waals surface area contributed by atoms with Crippen LogP contribution in [-0.2, 0) is 74.0 Å². The van der Waals surface area contributed by atoms with E-state index in [-0.39, 0.29) is 98.1 Å². The summed E-state index contributed by atoms with van der Waals surface area (Å²) in [6.07, 6.45) is -5.98. The van der Waals surface area contributed by atoms with Gasteiger partial charge in [0.2, 0.25) is 0 Å². The van der Waals surface area contributed by atoms with Crippen LogP contribution in [0.4, 0.5) is 19.2 Å². The van der Waals surface area contributed by atoms with Crippen LogP contribution in [0.25, 0.3) is 0 Å². The lowest BCUT2D eigenvalue weighted by Crippen LogP contribution is -2.60. The standard InChI is InChI=1S/C66H66BN3O13S2.C25H31N3O10S2/c1-67(75)70-62(68-63(73)80-44-46-26-36-56(58(42-46)78-4)82-60(71)38-40-84-65(48-18-10-6-11-19-48,49-20-12-7-13-21-49)52-28-32-54(76-2)33-29-52)69-64(74)81-45-47-27-37-57(59(43-47)79-5)83-61(72)39-41-85-66(50-22-14-8-15-23-50,51-24-16-9-17-25-51)53-30-34-55(77-3)35-31-53;1-33-19-11-15(3-5-17(19)37-21(29)7-9-39)13-35-24(31)27-23(26)28-25(32)36-14-16-4-6-18(20(12-16)34-2)38-22(30)8-10-40/h6-37,42-43,62,70,75H,38-41,44-45H2,1-5H3,(H,68,73)(H,69,74);3-6,11-12,23,39-40H,7-10,13-14,26H2,1-2H3,(H,27,31)(H,28,32). The lowest BCUT2D eigenvalue weighted by Gasteiger charge is -2.35. The van der Waals surface area contributed by atoms with E-state index >= 15 is 0 Å². The molecule has 10 aromatic carbocycles. The smallest absolute Gasteiger partial charge is 0.410 e. The third kappa shape index (κ3) is 28.7. The monoisotopic (exact) mass is 1780 g/mol. The highest BCUT2D eigenvalue weighted by Gasteiger charge is 2.39. The first-order valence-corrected chi connectivity index (χ1v) is 42.2. The average Bonchev–Trinajstić information content (AvgIpc) is 0.759. The Balaban J connectivity index is 0.000000370. The Kier molecular flexibility index (Phi) is 38.1. The molecule has 0 aliphatic carbocycles. The van der Waals surface area contributed by atoms with Crippen molar-refractivity contribution in [3.05, 3.63) is 298 Å². The number of rotatable bonds is 42. The van der Waals surface area contributed by atoms with Gasteiger partial charge in [0.25, 0.3) is 0 Å². The highest BCUT2D eigenvalue weighted by Crippen LogP contribution is 2.51. The molecule has 0 radical (unpaired) electrons. The van der Waals surface area contributed by atoms with Gasteiger partial charge in [-0.25, -0.2) is 19.2 Å². The summed E-state index contributed by atoms with van der Waals surface area (Å²) in [4.78, 5) is 101. The molecule has 10 aromatic rings. The number of alkyl carbamates (subject to hydrolysis) is 4. The van der Waals surface area contributed by atoms with Gasteiger partial charge in [0.05, 0.1) is 77.8 Å². The zero-order valence-corrected chi connectivity index (χ0v) is 73.0. The van der Waals surface area contributed by atoms with E-state index in [1.807, 2.05) is 121 Å². The van der Waals surface area contributed by atoms with Crippen LogP contribution in [0.2, 0.25) is 6.82 Å². The maximum absolute atomic E-state index is 13.5. The molecule has 0 unspecified atom stereocenters. The molecular formula is C91H97BN6O23S4. The third-order valence-electron chi connectivity index (χ3n) is 18.4. The molecule has 0 saturated carbocycles. The summed E-state index contributed by atoms with van der Waals surface area (Å²) in [5.41, 5.74) is 14.0. The van der Waals surface area contributed by atoms with Crippen molar-refractivity contribution in [3.63, 3.8) is 0 Å². The predicted octanol–water partition coefficient (Wildman–Crippen LogP) is 14.4. The quantitative estimate of drug-likeness (QED) is 0.00326. The minimum Gasteiger partial charge on any atom is -0.497 e. The fourth-order valence-electron chi connectivity index (χ4n) is 12.5. The Morgan fingerprint density at radius 3 is 0.856 bits per heavy atom. The highest BCUT2D eigenvalue weighted by atomic mass is 32.2. The molecule has 29 nitrogen and oxygen atoms in total. The third-order valence-corrected chi connectivity index (χ3v) is 21.9. The van der Waals surface area contributed by atoms with E-state index in [4.69, 9.17) is 72.0 Å². The van der Waals surface area contributed by atoms with E-state index in [2.05, 4.69) is 100 Å². The molecule has 0 atom stereocenters. The summed E-state index contributed by atoms with van der Waals surface area (Å²) in [7, 11) is 7.74. The van der Waals surface area contributed by atoms with Crippen molar-refractivity contribution in [3.8, 4) is 57.5 Å². The van der Waals surface area contributed by atoms with Gasteiger partial charge in [-0.05, 0) is 135 Å². The van der Waals surface area contributed by atoms with Crippen LogP contribution < -0.4 is 79.6 Å². The SMILES string of the molecule is COc1cc(COC(=O)NC(N)NC(=O)OCc2ccc(OC(=O)CCS)c(OC)c2)ccc1OC(=O)CCS.COc1ccc(C(SCCC(=O)Oc2ccc(COC(=O)NC(NB(C)O)NC(=O)OCc3ccc(OC(=O)CCSC(c4ccccc4)(c4ccccc4)c4ccc(OC)cc4)c(OC)c3)cc2OC)(c2ccccc2)c2ccccc2)cc1. The maximum Gasteiger partial charge on any atom is 0.410 e. The highest BCUT2D eigenvalue weighted by molar-refractivity contribution is 8.00.